The van der Waals surface area contributed by atoms with Crippen molar-refractivity contribution in [2.45, 2.75) is 0 Å². The molecule has 1 aliphatic rings. The Kier molecular flexibility index (Phi) is 4.75. The first kappa shape index (κ1) is 17.0. The quantitative estimate of drug-likeness (QED) is 0.742. The monoisotopic (exact) mass is 406 g/mol. The minimum absolute atomic E-state index is 0.131. The highest BCUT2D eigenvalue weighted by Gasteiger charge is 2.27. The molecule has 8 nitrogen and oxygen atoms in total. The summed E-state index contributed by atoms with van der Waals surface area (Å²) in [6.45, 7) is -0.357. The van der Waals surface area contributed by atoms with Crippen molar-refractivity contribution in [3.05, 3.63) is 46.7 Å². The molecule has 0 atom stereocenters. The van der Waals surface area contributed by atoms with E-state index in [0.717, 1.165) is 4.47 Å². The van der Waals surface area contributed by atoms with E-state index in [9.17, 15) is 14.4 Å². The molecule has 0 aliphatic carbocycles. The van der Waals surface area contributed by atoms with E-state index in [0.29, 0.717) is 17.1 Å². The van der Waals surface area contributed by atoms with Gasteiger partial charge in [0.05, 0.1) is 5.69 Å². The number of anilines is 1. The Balaban J connectivity index is 1.62. The number of aryl methyl sites for hydroxylation is 1. The molecular weight excluding hydrogens is 392 g/mol. The molecule has 0 bridgehead atoms. The van der Waals surface area contributed by atoms with E-state index < -0.39 is 11.8 Å². The van der Waals surface area contributed by atoms with Crippen LogP contribution in [-0.2, 0) is 16.6 Å². The van der Waals surface area contributed by atoms with Gasteiger partial charge in [0, 0.05) is 17.7 Å². The van der Waals surface area contributed by atoms with Gasteiger partial charge in [-0.1, -0.05) is 12.1 Å². The molecule has 3 amide bonds. The number of hydrogen-bond acceptors (Lipinski definition) is 4. The molecule has 1 aromatic carbocycles. The van der Waals surface area contributed by atoms with Gasteiger partial charge in [-0.25, -0.2) is 0 Å². The summed E-state index contributed by atoms with van der Waals surface area (Å²) in [5.41, 5.74) is 5.54. The number of hydrogen-bond donors (Lipinski definition) is 2. The minimum Gasteiger partial charge on any atom is -0.482 e. The number of ether oxygens (including phenoxy) is 1. The van der Waals surface area contributed by atoms with E-state index in [2.05, 4.69) is 26.8 Å². The van der Waals surface area contributed by atoms with E-state index in [1.54, 1.807) is 48.1 Å². The number of halogens is 1. The second kappa shape index (κ2) is 6.98. The van der Waals surface area contributed by atoms with Gasteiger partial charge >= 0.3 is 0 Å². The highest BCUT2D eigenvalue weighted by Crippen LogP contribution is 2.31. The predicted molar refractivity (Wildman–Crippen MR) is 93.0 cm³/mol. The fourth-order valence-electron chi connectivity index (χ4n) is 2.45. The summed E-state index contributed by atoms with van der Waals surface area (Å²) in [7, 11) is 1.71. The van der Waals surface area contributed by atoms with E-state index in [-0.39, 0.29) is 19.1 Å². The van der Waals surface area contributed by atoms with Gasteiger partial charge in [-0.3, -0.25) is 30.1 Å². The Labute approximate surface area is 151 Å². The van der Waals surface area contributed by atoms with Gasteiger partial charge in [0.2, 0.25) is 0 Å². The third kappa shape index (κ3) is 3.66. The normalized spacial score (nSPS) is 13.0. The van der Waals surface area contributed by atoms with Crippen molar-refractivity contribution in [3.63, 3.8) is 0 Å². The van der Waals surface area contributed by atoms with Crippen LogP contribution in [0.1, 0.15) is 10.5 Å². The molecule has 0 radical (unpaired) electrons. The number of fused-ring (bicyclic) bond motifs is 1. The minimum atomic E-state index is -0.522. The first-order chi connectivity index (χ1) is 12.0. The molecule has 25 heavy (non-hydrogen) atoms. The van der Waals surface area contributed by atoms with E-state index in [1.807, 2.05) is 0 Å². The lowest BCUT2D eigenvalue weighted by atomic mass is 10.2. The van der Waals surface area contributed by atoms with Crippen LogP contribution >= 0.6 is 15.9 Å². The van der Waals surface area contributed by atoms with Crippen LogP contribution < -0.4 is 20.5 Å². The van der Waals surface area contributed by atoms with Crippen LogP contribution in [0, 0.1) is 0 Å². The Hall–Kier alpha value is -2.81. The van der Waals surface area contributed by atoms with Gasteiger partial charge in [-0.2, -0.15) is 0 Å². The Morgan fingerprint density at radius 1 is 1.28 bits per heavy atom. The number of rotatable bonds is 3. The second-order valence-corrected chi connectivity index (χ2v) is 6.31. The molecule has 0 spiro atoms. The van der Waals surface area contributed by atoms with Crippen LogP contribution in [0.2, 0.25) is 0 Å². The SMILES string of the molecule is Cn1cc(Br)cc1C(=O)NNC(=O)CN1C(=O)COc2ccccc21. The summed E-state index contributed by atoms with van der Waals surface area (Å²) in [6, 6.07) is 8.58. The number of aromatic nitrogens is 1. The van der Waals surface area contributed by atoms with Crippen molar-refractivity contribution in [1.82, 2.24) is 15.4 Å². The zero-order chi connectivity index (χ0) is 18.0. The zero-order valence-electron chi connectivity index (χ0n) is 13.3. The van der Waals surface area contributed by atoms with Gasteiger partial charge < -0.3 is 9.30 Å². The molecular formula is C16H15BrN4O4. The molecule has 2 aromatic rings. The Morgan fingerprint density at radius 3 is 2.76 bits per heavy atom. The number of benzene rings is 1. The van der Waals surface area contributed by atoms with Crippen molar-refractivity contribution >= 4 is 39.3 Å². The van der Waals surface area contributed by atoms with Gasteiger partial charge in [0.25, 0.3) is 17.7 Å². The van der Waals surface area contributed by atoms with Gasteiger partial charge in [0.1, 0.15) is 18.0 Å². The van der Waals surface area contributed by atoms with E-state index in [1.165, 1.54) is 4.90 Å². The molecule has 2 heterocycles. The van der Waals surface area contributed by atoms with Crippen LogP contribution in [-0.4, -0.2) is 35.4 Å². The molecule has 0 saturated heterocycles. The zero-order valence-corrected chi connectivity index (χ0v) is 14.9. The van der Waals surface area contributed by atoms with Crippen LogP contribution in [0.5, 0.6) is 5.75 Å². The number of hydrazine groups is 1. The Morgan fingerprint density at radius 2 is 2.04 bits per heavy atom. The molecule has 130 valence electrons. The van der Waals surface area contributed by atoms with Crippen LogP contribution in [0.15, 0.2) is 41.0 Å². The lowest BCUT2D eigenvalue weighted by Gasteiger charge is -2.28. The number of carbonyl (C=O) groups excluding carboxylic acids is 3. The molecule has 0 fully saturated rings. The van der Waals surface area contributed by atoms with Crippen molar-refractivity contribution in [3.8, 4) is 5.75 Å². The lowest BCUT2D eigenvalue weighted by molar-refractivity contribution is -0.125. The lowest BCUT2D eigenvalue weighted by Crippen LogP contribution is -2.49. The molecule has 1 aliphatic heterocycles. The smallest absolute Gasteiger partial charge is 0.286 e. The van der Waals surface area contributed by atoms with Crippen LogP contribution in [0.3, 0.4) is 0 Å². The summed E-state index contributed by atoms with van der Waals surface area (Å²) < 4.78 is 7.69. The van der Waals surface area contributed by atoms with Gasteiger partial charge in [0.15, 0.2) is 6.61 Å². The summed E-state index contributed by atoms with van der Waals surface area (Å²) in [6.07, 6.45) is 1.72. The summed E-state index contributed by atoms with van der Waals surface area (Å²) in [5.74, 6) is -0.777. The van der Waals surface area contributed by atoms with E-state index >= 15 is 0 Å². The highest BCUT2D eigenvalue weighted by molar-refractivity contribution is 9.10. The van der Waals surface area contributed by atoms with Gasteiger partial charge in [-0.15, -0.1) is 0 Å². The van der Waals surface area contributed by atoms with Crippen molar-refractivity contribution < 1.29 is 19.1 Å². The second-order valence-electron chi connectivity index (χ2n) is 5.39. The number of para-hydroxylation sites is 2. The maximum atomic E-state index is 12.1. The predicted octanol–water partition coefficient (Wildman–Crippen LogP) is 0.974. The molecule has 9 heteroatoms. The van der Waals surface area contributed by atoms with Crippen molar-refractivity contribution in [2.24, 2.45) is 7.05 Å². The third-order valence-corrected chi connectivity index (χ3v) is 4.06. The van der Waals surface area contributed by atoms with Crippen molar-refractivity contribution in [1.29, 1.82) is 0 Å². The molecule has 0 unspecified atom stereocenters. The van der Waals surface area contributed by atoms with Gasteiger partial charge in [-0.05, 0) is 34.1 Å². The highest BCUT2D eigenvalue weighted by atomic mass is 79.9. The Bertz CT molecular complexity index is 848. The maximum Gasteiger partial charge on any atom is 0.286 e. The van der Waals surface area contributed by atoms with Crippen LogP contribution in [0.4, 0.5) is 5.69 Å². The molecule has 2 N–H and O–H groups in total. The summed E-state index contributed by atoms with van der Waals surface area (Å²) in [4.78, 5) is 37.5. The first-order valence-corrected chi connectivity index (χ1v) is 8.18. The first-order valence-electron chi connectivity index (χ1n) is 7.39. The average molecular weight is 407 g/mol. The topological polar surface area (TPSA) is 92.7 Å². The van der Waals surface area contributed by atoms with Crippen LogP contribution in [0.25, 0.3) is 0 Å². The number of carbonyl (C=O) groups is 3. The van der Waals surface area contributed by atoms with Crippen molar-refractivity contribution in [2.75, 3.05) is 18.1 Å². The fraction of sp³-hybridized carbons (Fsp3) is 0.188. The maximum absolute atomic E-state index is 12.1. The molecule has 3 rings (SSSR count). The summed E-state index contributed by atoms with van der Waals surface area (Å²) in [5, 5.41) is 0. The standard InChI is InChI=1S/C16H15BrN4O4/c1-20-7-10(17)6-12(20)16(24)19-18-14(22)8-21-11-4-2-3-5-13(11)25-9-15(21)23/h2-7H,8-9H2,1H3,(H,18,22)(H,19,24). The van der Waals surface area contributed by atoms with E-state index in [4.69, 9.17) is 4.74 Å². The number of nitrogens with zero attached hydrogens (tertiary/aromatic N) is 2. The number of amides is 3. The third-order valence-electron chi connectivity index (χ3n) is 3.63. The number of nitrogens with one attached hydrogen (secondary N) is 2. The summed E-state index contributed by atoms with van der Waals surface area (Å²) >= 11 is 3.27. The largest absolute Gasteiger partial charge is 0.482 e. The molecule has 0 saturated carbocycles. The molecule has 1 aromatic heterocycles. The average Bonchev–Trinajstić information content (AvgIpc) is 2.94. The fourth-order valence-corrected chi connectivity index (χ4v) is 2.97.